The van der Waals surface area contributed by atoms with Crippen LogP contribution in [0, 0.1) is 0 Å². The Morgan fingerprint density at radius 1 is 0.909 bits per heavy atom. The van der Waals surface area contributed by atoms with Crippen LogP contribution < -0.4 is 0 Å². The third-order valence-corrected chi connectivity index (χ3v) is 3.72. The largest absolute Gasteiger partial charge is 0.162 e. The van der Waals surface area contributed by atoms with E-state index in [-0.39, 0.29) is 0 Å². The Morgan fingerprint density at radius 3 is 1.91 bits per heavy atom. The summed E-state index contributed by atoms with van der Waals surface area (Å²) in [6.45, 7) is 0. The maximum atomic E-state index is 2.23. The molecule has 0 atom stereocenters. The minimum atomic E-state index is 1.30. The van der Waals surface area contributed by atoms with E-state index in [2.05, 4.69) is 23.2 Å². The van der Waals surface area contributed by atoms with E-state index >= 15 is 0 Å². The Morgan fingerprint density at radius 2 is 1.73 bits per heavy atom. The summed E-state index contributed by atoms with van der Waals surface area (Å²) >= 11 is 3.99. The highest BCUT2D eigenvalue weighted by molar-refractivity contribution is 8.02. The van der Waals surface area contributed by atoms with Crippen LogP contribution in [0.2, 0.25) is 0 Å². The topological polar surface area (TPSA) is 0 Å². The first-order valence-electron chi connectivity index (χ1n) is 4.34. The van der Waals surface area contributed by atoms with Gasteiger partial charge in [0.15, 0.2) is 0 Å². The lowest BCUT2D eigenvalue weighted by Crippen LogP contribution is -1.78. The Bertz CT molecular complexity index is 90.5. The SMILES string of the molecule is C1=CSCCC1.C1CCSC1. The standard InChI is InChI=1S/C5H8S.C4H8S/c1-2-4-6-5-3-1;1-2-4-5-3-1/h2,4H,1,3,5H2;1-4H2. The Hall–Kier alpha value is 0.440. The first-order valence-corrected chi connectivity index (χ1v) is 6.55. The van der Waals surface area contributed by atoms with Crippen LogP contribution in [0.5, 0.6) is 0 Å². The highest BCUT2D eigenvalue weighted by atomic mass is 32.2. The molecule has 0 aromatic rings. The molecule has 0 aliphatic carbocycles. The van der Waals surface area contributed by atoms with Crippen molar-refractivity contribution in [2.45, 2.75) is 25.7 Å². The summed E-state index contributed by atoms with van der Waals surface area (Å²) in [6, 6.07) is 0. The maximum Gasteiger partial charge on any atom is -0.00231 e. The monoisotopic (exact) mass is 188 g/mol. The third-order valence-electron chi connectivity index (χ3n) is 1.65. The van der Waals surface area contributed by atoms with Crippen LogP contribution >= 0.6 is 23.5 Å². The molecule has 11 heavy (non-hydrogen) atoms. The van der Waals surface area contributed by atoms with Gasteiger partial charge >= 0.3 is 0 Å². The van der Waals surface area contributed by atoms with Crippen molar-refractivity contribution in [2.24, 2.45) is 0 Å². The first-order chi connectivity index (χ1) is 5.50. The minimum absolute atomic E-state index is 1.30. The third kappa shape index (κ3) is 5.68. The number of rotatable bonds is 0. The molecule has 0 amide bonds. The number of hydrogen-bond donors (Lipinski definition) is 0. The van der Waals surface area contributed by atoms with E-state index in [9.17, 15) is 0 Å². The molecule has 0 nitrogen and oxygen atoms in total. The molecule has 2 rings (SSSR count). The van der Waals surface area contributed by atoms with Gasteiger partial charge < -0.3 is 0 Å². The van der Waals surface area contributed by atoms with Crippen LogP contribution in [-0.2, 0) is 0 Å². The van der Waals surface area contributed by atoms with Gasteiger partial charge in [0.1, 0.15) is 0 Å². The van der Waals surface area contributed by atoms with Gasteiger partial charge in [-0.25, -0.2) is 0 Å². The van der Waals surface area contributed by atoms with Crippen molar-refractivity contribution in [1.29, 1.82) is 0 Å². The molecule has 2 aliphatic rings. The van der Waals surface area contributed by atoms with Gasteiger partial charge in [0.05, 0.1) is 0 Å². The molecule has 2 aliphatic heterocycles. The molecular weight excluding hydrogens is 172 g/mol. The first kappa shape index (κ1) is 9.53. The Labute approximate surface area is 78.2 Å². The van der Waals surface area contributed by atoms with Crippen molar-refractivity contribution in [2.75, 3.05) is 17.3 Å². The fourth-order valence-corrected chi connectivity index (χ4v) is 2.76. The molecule has 0 unspecified atom stereocenters. The van der Waals surface area contributed by atoms with Crippen molar-refractivity contribution in [3.8, 4) is 0 Å². The van der Waals surface area contributed by atoms with Gasteiger partial charge in [0.25, 0.3) is 0 Å². The van der Waals surface area contributed by atoms with Crippen LogP contribution in [-0.4, -0.2) is 17.3 Å². The average Bonchev–Trinajstić information content (AvgIpc) is 2.64. The summed E-state index contributed by atoms with van der Waals surface area (Å²) in [6.07, 6.45) is 7.83. The second-order valence-corrected chi connectivity index (χ2v) is 4.94. The number of allylic oxidation sites excluding steroid dienone is 1. The molecule has 0 bridgehead atoms. The predicted octanol–water partition coefficient (Wildman–Crippen LogP) is 3.54. The fraction of sp³-hybridized carbons (Fsp3) is 0.778. The molecule has 64 valence electrons. The van der Waals surface area contributed by atoms with E-state index in [1.807, 2.05) is 11.8 Å². The number of hydrogen-bond acceptors (Lipinski definition) is 2. The van der Waals surface area contributed by atoms with Crippen LogP contribution in [0.4, 0.5) is 0 Å². The maximum absolute atomic E-state index is 2.23. The van der Waals surface area contributed by atoms with Gasteiger partial charge in [0, 0.05) is 0 Å². The predicted molar refractivity (Wildman–Crippen MR) is 57.4 cm³/mol. The Kier molecular flexibility index (Phi) is 6.16. The average molecular weight is 188 g/mol. The van der Waals surface area contributed by atoms with Gasteiger partial charge in [0.2, 0.25) is 0 Å². The fourth-order valence-electron chi connectivity index (χ4n) is 0.999. The zero-order chi connectivity index (χ0) is 7.78. The molecular formula is C9H16S2. The van der Waals surface area contributed by atoms with Gasteiger partial charge in [-0.2, -0.15) is 11.8 Å². The van der Waals surface area contributed by atoms with E-state index < -0.39 is 0 Å². The summed E-state index contributed by atoms with van der Waals surface area (Å²) in [5.74, 6) is 4.16. The van der Waals surface area contributed by atoms with Crippen molar-refractivity contribution in [1.82, 2.24) is 0 Å². The molecule has 1 fully saturated rings. The van der Waals surface area contributed by atoms with E-state index in [1.54, 1.807) is 0 Å². The lowest BCUT2D eigenvalue weighted by Gasteiger charge is -1.97. The highest BCUT2D eigenvalue weighted by Crippen LogP contribution is 2.14. The summed E-state index contributed by atoms with van der Waals surface area (Å²) in [4.78, 5) is 0. The van der Waals surface area contributed by atoms with Crippen LogP contribution in [0.25, 0.3) is 0 Å². The van der Waals surface area contributed by atoms with E-state index in [0.717, 1.165) is 0 Å². The van der Waals surface area contributed by atoms with Crippen LogP contribution in [0.3, 0.4) is 0 Å². The van der Waals surface area contributed by atoms with Crippen LogP contribution in [0.1, 0.15) is 25.7 Å². The summed E-state index contributed by atoms with van der Waals surface area (Å²) < 4.78 is 0. The van der Waals surface area contributed by atoms with E-state index in [0.29, 0.717) is 0 Å². The molecule has 0 N–H and O–H groups in total. The molecule has 2 heteroatoms. The molecule has 0 aromatic heterocycles. The number of thioether (sulfide) groups is 2. The molecule has 0 aromatic carbocycles. The zero-order valence-corrected chi connectivity index (χ0v) is 8.55. The Balaban J connectivity index is 0.000000112. The minimum Gasteiger partial charge on any atom is -0.162 e. The lowest BCUT2D eigenvalue weighted by atomic mass is 10.3. The van der Waals surface area contributed by atoms with E-state index in [4.69, 9.17) is 0 Å². The van der Waals surface area contributed by atoms with E-state index in [1.165, 1.54) is 42.9 Å². The summed E-state index contributed by atoms with van der Waals surface area (Å²) in [7, 11) is 0. The van der Waals surface area contributed by atoms with Crippen molar-refractivity contribution >= 4 is 23.5 Å². The summed E-state index contributed by atoms with van der Waals surface area (Å²) in [5, 5.41) is 2.18. The highest BCUT2D eigenvalue weighted by Gasteiger charge is 1.95. The normalized spacial score (nSPS) is 22.5. The zero-order valence-electron chi connectivity index (χ0n) is 6.92. The molecule has 0 radical (unpaired) electrons. The van der Waals surface area contributed by atoms with Crippen molar-refractivity contribution in [3.63, 3.8) is 0 Å². The lowest BCUT2D eigenvalue weighted by molar-refractivity contribution is 0.949. The van der Waals surface area contributed by atoms with Crippen molar-refractivity contribution in [3.05, 3.63) is 11.5 Å². The van der Waals surface area contributed by atoms with Crippen LogP contribution in [0.15, 0.2) is 11.5 Å². The molecule has 2 heterocycles. The van der Waals surface area contributed by atoms with Crippen molar-refractivity contribution < 1.29 is 0 Å². The molecule has 1 saturated heterocycles. The molecule has 0 saturated carbocycles. The van der Waals surface area contributed by atoms with Gasteiger partial charge in [-0.3, -0.25) is 0 Å². The van der Waals surface area contributed by atoms with Gasteiger partial charge in [-0.15, -0.1) is 11.8 Å². The second-order valence-electron chi connectivity index (χ2n) is 2.70. The van der Waals surface area contributed by atoms with Gasteiger partial charge in [-0.05, 0) is 48.3 Å². The summed E-state index contributed by atoms with van der Waals surface area (Å²) in [5.41, 5.74) is 0. The second kappa shape index (κ2) is 7.11. The quantitative estimate of drug-likeness (QED) is 0.570. The smallest absolute Gasteiger partial charge is 0.00231 e. The molecule has 0 spiro atoms. The van der Waals surface area contributed by atoms with Gasteiger partial charge in [-0.1, -0.05) is 6.08 Å².